The fraction of sp³-hybridized carbons (Fsp3) is 0.0323. The second-order valence-corrected chi connectivity index (χ2v) is 8.80. The van der Waals surface area contributed by atoms with E-state index in [0.29, 0.717) is 0 Å². The lowest BCUT2D eigenvalue weighted by molar-refractivity contribution is 0.455. The maximum absolute atomic E-state index is 10.6. The highest BCUT2D eigenvalue weighted by Gasteiger charge is 2.33. The molecule has 2 N–H and O–H groups in total. The number of hydrogen-bond donors (Lipinski definition) is 2. The molecule has 1 aliphatic heterocycles. The highest BCUT2D eigenvalue weighted by molar-refractivity contribution is 6.00. The van der Waals surface area contributed by atoms with Crippen LogP contribution in [0.2, 0.25) is 0 Å². The lowest BCUT2D eigenvalue weighted by Gasteiger charge is -2.32. The first-order valence-electron chi connectivity index (χ1n) is 11.4. The van der Waals surface area contributed by atoms with Gasteiger partial charge in [0.15, 0.2) is 0 Å². The predicted molar refractivity (Wildman–Crippen MR) is 136 cm³/mol. The zero-order valence-corrected chi connectivity index (χ0v) is 18.2. The lowest BCUT2D eigenvalue weighted by Crippen LogP contribution is -2.13. The molecule has 0 aliphatic carbocycles. The number of hydrogen-bond acceptors (Lipinski definition) is 3. The smallest absolute Gasteiger partial charge is 0.132 e. The molecule has 7 rings (SSSR count). The Bertz CT molecular complexity index is 1670. The number of rotatable bonds is 1. The van der Waals surface area contributed by atoms with Crippen LogP contribution in [0.1, 0.15) is 22.6 Å². The first-order chi connectivity index (χ1) is 16.7. The van der Waals surface area contributed by atoms with E-state index in [1.165, 1.54) is 10.8 Å². The van der Waals surface area contributed by atoms with Crippen LogP contribution in [-0.4, -0.2) is 10.2 Å². The molecule has 162 valence electrons. The first-order valence-corrected chi connectivity index (χ1v) is 11.4. The Labute approximate surface area is 196 Å². The molecular formula is C31H20O3. The van der Waals surface area contributed by atoms with Gasteiger partial charge in [-0.2, -0.15) is 0 Å². The minimum absolute atomic E-state index is 0.152. The maximum atomic E-state index is 10.6. The number of phenolic OH excluding ortho intramolecular Hbond substituents is 2. The standard InChI is InChI=1S/C31H20O3/c32-25-12-4-10-23-20(25)14-16-27-29(23)31(22-9-3-7-18-6-1-2-8-19(18)22)30-24-11-5-13-26(33)21(24)15-17-28(30)34-27/h1-17,31-33H. The molecule has 6 aromatic rings. The molecule has 0 unspecified atom stereocenters. The summed E-state index contributed by atoms with van der Waals surface area (Å²) in [5.41, 5.74) is 3.21. The van der Waals surface area contributed by atoms with E-state index in [2.05, 4.69) is 42.5 Å². The molecular weight excluding hydrogens is 420 g/mol. The van der Waals surface area contributed by atoms with Crippen LogP contribution in [-0.2, 0) is 0 Å². The van der Waals surface area contributed by atoms with E-state index in [0.717, 1.165) is 49.7 Å². The number of benzene rings is 6. The zero-order valence-electron chi connectivity index (χ0n) is 18.2. The van der Waals surface area contributed by atoms with Crippen molar-refractivity contribution in [2.24, 2.45) is 0 Å². The highest BCUT2D eigenvalue weighted by atomic mass is 16.5. The number of phenols is 2. The summed E-state index contributed by atoms with van der Waals surface area (Å²) >= 11 is 0. The normalized spacial score (nSPS) is 13.1. The average molecular weight is 440 g/mol. The lowest BCUT2D eigenvalue weighted by atomic mass is 9.77. The van der Waals surface area contributed by atoms with E-state index < -0.39 is 0 Å². The summed E-state index contributed by atoms with van der Waals surface area (Å²) in [6.07, 6.45) is 0. The van der Waals surface area contributed by atoms with Crippen LogP contribution in [0.3, 0.4) is 0 Å². The molecule has 0 amide bonds. The minimum atomic E-state index is -0.152. The van der Waals surface area contributed by atoms with E-state index in [9.17, 15) is 10.2 Å². The van der Waals surface area contributed by atoms with Gasteiger partial charge in [0, 0.05) is 27.8 Å². The van der Waals surface area contributed by atoms with Crippen molar-refractivity contribution in [2.75, 3.05) is 0 Å². The summed E-state index contributed by atoms with van der Waals surface area (Å²) in [5.74, 6) is 1.91. The summed E-state index contributed by atoms with van der Waals surface area (Å²) < 4.78 is 6.47. The van der Waals surface area contributed by atoms with Crippen molar-refractivity contribution in [3.05, 3.63) is 120 Å². The Balaban J connectivity index is 1.68. The molecule has 0 atom stereocenters. The molecule has 0 bridgehead atoms. The molecule has 0 fully saturated rings. The van der Waals surface area contributed by atoms with Gasteiger partial charge >= 0.3 is 0 Å². The Hall–Kier alpha value is -4.50. The first kappa shape index (κ1) is 19.0. The summed E-state index contributed by atoms with van der Waals surface area (Å²) in [5, 5.41) is 27.1. The fourth-order valence-electron chi connectivity index (χ4n) is 5.54. The van der Waals surface area contributed by atoms with Gasteiger partial charge in [0.05, 0.1) is 0 Å². The summed E-state index contributed by atoms with van der Waals surface area (Å²) in [6.45, 7) is 0. The topological polar surface area (TPSA) is 49.7 Å². The quantitative estimate of drug-likeness (QED) is 0.273. The van der Waals surface area contributed by atoms with Crippen LogP contribution in [0.5, 0.6) is 23.0 Å². The number of ether oxygens (including phenoxy) is 1. The molecule has 0 saturated heterocycles. The van der Waals surface area contributed by atoms with Gasteiger partial charge in [0.2, 0.25) is 0 Å². The molecule has 6 aromatic carbocycles. The Kier molecular flexibility index (Phi) is 3.91. The molecule has 3 heteroatoms. The Morgan fingerprint density at radius 3 is 1.65 bits per heavy atom. The number of aromatic hydroxyl groups is 2. The number of fused-ring (bicyclic) bond motifs is 7. The van der Waals surface area contributed by atoms with E-state index in [4.69, 9.17) is 4.74 Å². The molecule has 1 aliphatic rings. The zero-order chi connectivity index (χ0) is 22.8. The third-order valence-corrected chi connectivity index (χ3v) is 7.01. The van der Waals surface area contributed by atoms with Gasteiger partial charge < -0.3 is 14.9 Å². The van der Waals surface area contributed by atoms with E-state index in [1.54, 1.807) is 12.1 Å². The molecule has 0 aromatic heterocycles. The molecule has 0 saturated carbocycles. The predicted octanol–water partition coefficient (Wildman–Crippen LogP) is 7.84. The SMILES string of the molecule is Oc1cccc2c3c(ccc12)Oc1ccc2c(O)cccc2c1C3c1cccc2ccccc12. The highest BCUT2D eigenvalue weighted by Crippen LogP contribution is 2.54. The van der Waals surface area contributed by atoms with E-state index >= 15 is 0 Å². The monoisotopic (exact) mass is 440 g/mol. The van der Waals surface area contributed by atoms with Gasteiger partial charge in [0.25, 0.3) is 0 Å². The maximum Gasteiger partial charge on any atom is 0.132 e. The summed E-state index contributed by atoms with van der Waals surface area (Å²) in [4.78, 5) is 0. The van der Waals surface area contributed by atoms with Gasteiger partial charge in [-0.3, -0.25) is 0 Å². The third-order valence-electron chi connectivity index (χ3n) is 7.01. The van der Waals surface area contributed by atoms with Gasteiger partial charge in [-0.1, -0.05) is 66.7 Å². The van der Waals surface area contributed by atoms with E-state index in [1.807, 2.05) is 48.5 Å². The summed E-state index contributed by atoms with van der Waals surface area (Å²) in [7, 11) is 0. The van der Waals surface area contributed by atoms with Gasteiger partial charge in [-0.05, 0) is 63.5 Å². The second-order valence-electron chi connectivity index (χ2n) is 8.80. The fourth-order valence-corrected chi connectivity index (χ4v) is 5.54. The molecule has 0 radical (unpaired) electrons. The van der Waals surface area contributed by atoms with Gasteiger partial charge in [0.1, 0.15) is 23.0 Å². The average Bonchev–Trinajstić information content (AvgIpc) is 2.87. The Morgan fingerprint density at radius 1 is 0.471 bits per heavy atom. The second kappa shape index (κ2) is 7.00. The van der Waals surface area contributed by atoms with E-state index in [-0.39, 0.29) is 17.4 Å². The van der Waals surface area contributed by atoms with Crippen LogP contribution in [0.25, 0.3) is 32.3 Å². The van der Waals surface area contributed by atoms with Crippen molar-refractivity contribution in [3.63, 3.8) is 0 Å². The molecule has 3 nitrogen and oxygen atoms in total. The third kappa shape index (κ3) is 2.58. The van der Waals surface area contributed by atoms with Crippen molar-refractivity contribution >= 4 is 32.3 Å². The summed E-state index contributed by atoms with van der Waals surface area (Å²) in [6, 6.07) is 33.8. The van der Waals surface area contributed by atoms with Crippen LogP contribution in [0.15, 0.2) is 103 Å². The molecule has 1 heterocycles. The largest absolute Gasteiger partial charge is 0.507 e. The minimum Gasteiger partial charge on any atom is -0.507 e. The van der Waals surface area contributed by atoms with Gasteiger partial charge in [-0.25, -0.2) is 0 Å². The van der Waals surface area contributed by atoms with Crippen molar-refractivity contribution in [1.29, 1.82) is 0 Å². The molecule has 0 spiro atoms. The van der Waals surface area contributed by atoms with Crippen molar-refractivity contribution in [3.8, 4) is 23.0 Å². The van der Waals surface area contributed by atoms with Crippen LogP contribution in [0.4, 0.5) is 0 Å². The van der Waals surface area contributed by atoms with Crippen LogP contribution >= 0.6 is 0 Å². The van der Waals surface area contributed by atoms with Crippen LogP contribution < -0.4 is 4.74 Å². The van der Waals surface area contributed by atoms with Crippen LogP contribution in [0, 0.1) is 0 Å². The molecule has 34 heavy (non-hydrogen) atoms. The van der Waals surface area contributed by atoms with Crippen molar-refractivity contribution in [2.45, 2.75) is 5.92 Å². The Morgan fingerprint density at radius 2 is 1.00 bits per heavy atom. The van der Waals surface area contributed by atoms with Gasteiger partial charge in [-0.15, -0.1) is 0 Å². The van der Waals surface area contributed by atoms with Crippen molar-refractivity contribution in [1.82, 2.24) is 0 Å². The van der Waals surface area contributed by atoms with Crippen molar-refractivity contribution < 1.29 is 14.9 Å².